The van der Waals surface area contributed by atoms with Crippen LogP contribution in [0.5, 0.6) is 5.75 Å². The minimum absolute atomic E-state index is 0.0513. The Balaban J connectivity index is 1.28. The molecule has 0 spiro atoms. The molecule has 2 aromatic carbocycles. The molecule has 4 aromatic rings. The van der Waals surface area contributed by atoms with Gasteiger partial charge in [-0.2, -0.15) is 4.31 Å². The molecule has 0 saturated carbocycles. The molecule has 10 nitrogen and oxygen atoms in total. The van der Waals surface area contributed by atoms with Gasteiger partial charge in [-0.1, -0.05) is 23.7 Å². The molecule has 0 unspecified atom stereocenters. The normalized spacial score (nSPS) is 16.3. The van der Waals surface area contributed by atoms with Crippen LogP contribution in [0.2, 0.25) is 5.02 Å². The third-order valence-electron chi connectivity index (χ3n) is 6.49. The highest BCUT2D eigenvalue weighted by molar-refractivity contribution is 7.89. The molecule has 1 aliphatic rings. The van der Waals surface area contributed by atoms with E-state index in [4.69, 9.17) is 26.8 Å². The molecule has 1 fully saturated rings. The predicted molar refractivity (Wildman–Crippen MR) is 150 cm³/mol. The Morgan fingerprint density at radius 2 is 1.92 bits per heavy atom. The Morgan fingerprint density at radius 3 is 2.59 bits per heavy atom. The number of sulfonamides is 1. The van der Waals surface area contributed by atoms with Crippen molar-refractivity contribution in [2.75, 3.05) is 45.3 Å². The maximum absolute atomic E-state index is 13.7. The van der Waals surface area contributed by atoms with Crippen LogP contribution in [0.1, 0.15) is 10.5 Å². The van der Waals surface area contributed by atoms with Crippen LogP contribution >= 0.6 is 11.6 Å². The fraction of sp³-hybridized carbons (Fsp3) is 0.259. The summed E-state index contributed by atoms with van der Waals surface area (Å²) in [7, 11) is -0.221. The fourth-order valence-electron chi connectivity index (χ4n) is 4.48. The highest BCUT2D eigenvalue weighted by Crippen LogP contribution is 2.32. The van der Waals surface area contributed by atoms with Gasteiger partial charge in [-0.05, 0) is 48.0 Å². The van der Waals surface area contributed by atoms with Gasteiger partial charge in [0.25, 0.3) is 5.91 Å². The van der Waals surface area contributed by atoms with Crippen molar-refractivity contribution in [1.82, 2.24) is 14.3 Å². The van der Waals surface area contributed by atoms with Gasteiger partial charge in [0.05, 0.1) is 6.61 Å². The first-order valence-electron chi connectivity index (χ1n) is 12.2. The number of fused-ring (bicyclic) bond motifs is 1. The van der Waals surface area contributed by atoms with Crippen LogP contribution in [0.4, 0.5) is 5.82 Å². The summed E-state index contributed by atoms with van der Waals surface area (Å²) >= 11 is 6.12. The van der Waals surface area contributed by atoms with Gasteiger partial charge in [-0.3, -0.25) is 4.79 Å². The van der Waals surface area contributed by atoms with E-state index >= 15 is 0 Å². The summed E-state index contributed by atoms with van der Waals surface area (Å²) in [6.45, 7) is 0.499. The molecule has 1 aliphatic heterocycles. The number of carbonyl (C=O) groups excluding carboxylic acids is 1. The van der Waals surface area contributed by atoms with Gasteiger partial charge in [-0.25, -0.2) is 13.4 Å². The average molecular weight is 570 g/mol. The highest BCUT2D eigenvalue weighted by atomic mass is 35.5. The Morgan fingerprint density at radius 1 is 1.18 bits per heavy atom. The second kappa shape index (κ2) is 10.9. The van der Waals surface area contributed by atoms with Crippen LogP contribution in [0.3, 0.4) is 0 Å². The van der Waals surface area contributed by atoms with E-state index in [0.29, 0.717) is 21.7 Å². The van der Waals surface area contributed by atoms with Gasteiger partial charge in [0.2, 0.25) is 10.0 Å². The second-order valence-electron chi connectivity index (χ2n) is 9.37. The van der Waals surface area contributed by atoms with Crippen molar-refractivity contribution >= 4 is 44.3 Å². The number of hydrogen-bond acceptors (Lipinski definition) is 7. The number of ether oxygens (including phenoxy) is 2. The number of nitrogens with zero attached hydrogens (tertiary/aromatic N) is 3. The first-order valence-corrected chi connectivity index (χ1v) is 14.0. The standard InChI is InChI=1S/C27H28ClN5O5S/c1-32(2)24-10-5-18(14-30-24)17-3-7-20(8-4-17)38-16-21-15-33(11-12-37-21)39(35,36)26-22-13-19(28)6-9-23(22)31-25(26)27(29)34/h3-10,13-14,21,31H,11-12,15-16H2,1-2H3,(H2,29,34)/t21-/m0/s1. The molecule has 204 valence electrons. The van der Waals surface area contributed by atoms with Crippen molar-refractivity contribution in [1.29, 1.82) is 0 Å². The van der Waals surface area contributed by atoms with E-state index in [1.807, 2.05) is 61.6 Å². The Hall–Kier alpha value is -3.64. The molecule has 39 heavy (non-hydrogen) atoms. The van der Waals surface area contributed by atoms with E-state index in [0.717, 1.165) is 16.9 Å². The van der Waals surface area contributed by atoms with Crippen molar-refractivity contribution in [3.05, 3.63) is 71.5 Å². The lowest BCUT2D eigenvalue weighted by atomic mass is 10.1. The predicted octanol–water partition coefficient (Wildman–Crippen LogP) is 3.52. The van der Waals surface area contributed by atoms with Crippen LogP contribution in [0, 0.1) is 0 Å². The van der Waals surface area contributed by atoms with E-state index in [1.165, 1.54) is 10.4 Å². The zero-order valence-electron chi connectivity index (χ0n) is 21.4. The molecule has 0 radical (unpaired) electrons. The number of carbonyl (C=O) groups is 1. The lowest BCUT2D eigenvalue weighted by Gasteiger charge is -2.32. The molecule has 0 aliphatic carbocycles. The van der Waals surface area contributed by atoms with Crippen molar-refractivity contribution in [2.24, 2.45) is 5.73 Å². The van der Waals surface area contributed by atoms with E-state index in [9.17, 15) is 13.2 Å². The Kier molecular flexibility index (Phi) is 7.50. The molecule has 1 amide bonds. The molecule has 1 atom stereocenters. The molecule has 3 N–H and O–H groups in total. The molecule has 1 saturated heterocycles. The molecule has 2 aromatic heterocycles. The van der Waals surface area contributed by atoms with Gasteiger partial charge < -0.3 is 25.1 Å². The maximum atomic E-state index is 13.7. The summed E-state index contributed by atoms with van der Waals surface area (Å²) in [5.41, 5.74) is 7.76. The van der Waals surface area contributed by atoms with Crippen LogP contribution < -0.4 is 15.4 Å². The SMILES string of the molecule is CN(C)c1ccc(-c2ccc(OC[C@@H]3CN(S(=O)(=O)c4c(C(N)=O)[nH]c5ccc(Cl)cc45)CCO3)cc2)cn1. The van der Waals surface area contributed by atoms with Gasteiger partial charge in [0, 0.05) is 54.9 Å². The maximum Gasteiger partial charge on any atom is 0.266 e. The summed E-state index contributed by atoms with van der Waals surface area (Å²) in [5, 5.41) is 0.650. The molecular formula is C27H28ClN5O5S. The minimum atomic E-state index is -4.10. The smallest absolute Gasteiger partial charge is 0.266 e. The lowest BCUT2D eigenvalue weighted by molar-refractivity contribution is -0.0249. The van der Waals surface area contributed by atoms with E-state index in [2.05, 4.69) is 9.97 Å². The summed E-state index contributed by atoms with van der Waals surface area (Å²) in [4.78, 5) is 21.1. The number of anilines is 1. The third-order valence-corrected chi connectivity index (χ3v) is 8.67. The Labute approximate surface area is 231 Å². The first kappa shape index (κ1) is 26.9. The number of aromatic nitrogens is 2. The zero-order chi connectivity index (χ0) is 27.7. The quantitative estimate of drug-likeness (QED) is 0.332. The van der Waals surface area contributed by atoms with Gasteiger partial charge in [0.1, 0.15) is 34.9 Å². The van der Waals surface area contributed by atoms with E-state index in [1.54, 1.807) is 12.1 Å². The number of rotatable bonds is 8. The monoisotopic (exact) mass is 569 g/mol. The second-order valence-corrected chi connectivity index (χ2v) is 11.7. The zero-order valence-corrected chi connectivity index (χ0v) is 23.0. The van der Waals surface area contributed by atoms with Gasteiger partial charge in [0.15, 0.2) is 0 Å². The number of benzene rings is 2. The van der Waals surface area contributed by atoms with Crippen molar-refractivity contribution < 1.29 is 22.7 Å². The largest absolute Gasteiger partial charge is 0.491 e. The number of aromatic amines is 1. The van der Waals surface area contributed by atoms with E-state index in [-0.39, 0.29) is 36.9 Å². The van der Waals surface area contributed by atoms with Crippen LogP contribution in [-0.2, 0) is 14.8 Å². The number of amides is 1. The highest BCUT2D eigenvalue weighted by Gasteiger charge is 2.36. The van der Waals surface area contributed by atoms with Crippen molar-refractivity contribution in [3.8, 4) is 16.9 Å². The molecule has 12 heteroatoms. The van der Waals surface area contributed by atoms with Gasteiger partial charge in [-0.15, -0.1) is 0 Å². The van der Waals surface area contributed by atoms with Crippen LogP contribution in [-0.4, -0.2) is 75.1 Å². The minimum Gasteiger partial charge on any atom is -0.491 e. The summed E-state index contributed by atoms with van der Waals surface area (Å²) in [5.74, 6) is 0.631. The van der Waals surface area contributed by atoms with Crippen LogP contribution in [0.25, 0.3) is 22.0 Å². The fourth-order valence-corrected chi connectivity index (χ4v) is 6.44. The van der Waals surface area contributed by atoms with Crippen molar-refractivity contribution in [3.63, 3.8) is 0 Å². The summed E-state index contributed by atoms with van der Waals surface area (Å²) in [6.07, 6.45) is 1.31. The number of primary amides is 1. The average Bonchev–Trinajstić information content (AvgIpc) is 3.32. The topological polar surface area (TPSA) is 131 Å². The first-order chi connectivity index (χ1) is 18.6. The summed E-state index contributed by atoms with van der Waals surface area (Å²) < 4.78 is 40.4. The van der Waals surface area contributed by atoms with Crippen molar-refractivity contribution in [2.45, 2.75) is 11.0 Å². The third kappa shape index (κ3) is 5.57. The number of nitrogens with one attached hydrogen (secondary N) is 1. The number of morpholine rings is 1. The molecule has 5 rings (SSSR count). The number of H-pyrrole nitrogens is 1. The Bertz CT molecular complexity index is 1600. The van der Waals surface area contributed by atoms with Crippen LogP contribution in [0.15, 0.2) is 65.7 Å². The molecular weight excluding hydrogens is 542 g/mol. The number of hydrogen-bond donors (Lipinski definition) is 2. The lowest BCUT2D eigenvalue weighted by Crippen LogP contribution is -2.47. The molecule has 3 heterocycles. The van der Waals surface area contributed by atoms with E-state index < -0.39 is 22.0 Å². The number of nitrogens with two attached hydrogens (primary N) is 1. The number of pyridine rings is 1. The molecule has 0 bridgehead atoms. The number of halogens is 1. The van der Waals surface area contributed by atoms with Gasteiger partial charge >= 0.3 is 0 Å². The summed E-state index contributed by atoms with van der Waals surface area (Å²) in [6, 6.07) is 16.3.